The van der Waals surface area contributed by atoms with Crippen LogP contribution in [0.15, 0.2) is 78.9 Å². The van der Waals surface area contributed by atoms with E-state index in [1.807, 2.05) is 107 Å². The maximum Gasteiger partial charge on any atom is 0.243 e. The monoisotopic (exact) mass is 476 g/mol. The van der Waals surface area contributed by atoms with Gasteiger partial charge in [0.25, 0.3) is 0 Å². The summed E-state index contributed by atoms with van der Waals surface area (Å²) in [4.78, 5) is 29.0. The zero-order chi connectivity index (χ0) is 24.7. The molecule has 0 aromatic heterocycles. The minimum atomic E-state index is -0.658. The summed E-state index contributed by atoms with van der Waals surface area (Å²) in [6.45, 7) is 8.17. The number of benzene rings is 3. The van der Waals surface area contributed by atoms with E-state index in [2.05, 4.69) is 5.32 Å². The van der Waals surface area contributed by atoms with Gasteiger partial charge in [-0.3, -0.25) is 9.59 Å². The molecule has 0 aliphatic rings. The first-order valence-corrected chi connectivity index (χ1v) is 11.9. The summed E-state index contributed by atoms with van der Waals surface area (Å²) >= 11 is 6.08. The van der Waals surface area contributed by atoms with Crippen LogP contribution in [0.2, 0.25) is 5.02 Å². The van der Waals surface area contributed by atoms with Crippen LogP contribution in [0.25, 0.3) is 0 Å². The Balaban J connectivity index is 1.98. The van der Waals surface area contributed by atoms with Gasteiger partial charge in [-0.25, -0.2) is 0 Å². The van der Waals surface area contributed by atoms with Gasteiger partial charge < -0.3 is 10.2 Å². The highest BCUT2D eigenvalue weighted by Gasteiger charge is 2.32. The summed E-state index contributed by atoms with van der Waals surface area (Å²) in [6.07, 6.45) is 0.652. The van der Waals surface area contributed by atoms with Gasteiger partial charge in [0.05, 0.1) is 6.42 Å². The van der Waals surface area contributed by atoms with Crippen molar-refractivity contribution < 1.29 is 9.59 Å². The Kier molecular flexibility index (Phi) is 8.51. The quantitative estimate of drug-likeness (QED) is 0.450. The fourth-order valence-corrected chi connectivity index (χ4v) is 4.02. The molecule has 5 heteroatoms. The van der Waals surface area contributed by atoms with Crippen LogP contribution in [0.5, 0.6) is 0 Å². The van der Waals surface area contributed by atoms with Gasteiger partial charge in [0, 0.05) is 23.5 Å². The molecule has 0 fully saturated rings. The number of carbonyl (C=O) groups is 2. The fraction of sp³-hybridized carbons (Fsp3) is 0.310. The van der Waals surface area contributed by atoms with E-state index < -0.39 is 11.6 Å². The van der Waals surface area contributed by atoms with E-state index in [0.717, 1.165) is 22.3 Å². The number of hydrogen-bond acceptors (Lipinski definition) is 2. The van der Waals surface area contributed by atoms with Crippen LogP contribution in [0.3, 0.4) is 0 Å². The number of nitrogens with zero attached hydrogens (tertiary/aromatic N) is 1. The molecule has 0 saturated carbocycles. The summed E-state index contributed by atoms with van der Waals surface area (Å²) in [5.41, 5.74) is 3.53. The second-order valence-electron chi connectivity index (χ2n) is 9.76. The summed E-state index contributed by atoms with van der Waals surface area (Å²) < 4.78 is 0. The normalized spacial score (nSPS) is 12.1. The zero-order valence-electron chi connectivity index (χ0n) is 20.3. The third kappa shape index (κ3) is 7.74. The molecule has 2 amide bonds. The average Bonchev–Trinajstić information content (AvgIpc) is 2.77. The second kappa shape index (κ2) is 11.3. The van der Waals surface area contributed by atoms with Crippen molar-refractivity contribution in [1.82, 2.24) is 10.2 Å². The topological polar surface area (TPSA) is 49.4 Å². The van der Waals surface area contributed by atoms with E-state index in [9.17, 15) is 9.59 Å². The van der Waals surface area contributed by atoms with Gasteiger partial charge in [-0.05, 0) is 56.5 Å². The first-order valence-electron chi connectivity index (χ1n) is 11.6. The molecule has 0 radical (unpaired) electrons. The molecule has 34 heavy (non-hydrogen) atoms. The van der Waals surface area contributed by atoms with Crippen LogP contribution in [0.4, 0.5) is 0 Å². The molecule has 3 rings (SSSR count). The van der Waals surface area contributed by atoms with Crippen LogP contribution in [0, 0.1) is 6.92 Å². The number of aryl methyl sites for hydroxylation is 1. The third-order valence-corrected chi connectivity index (χ3v) is 5.73. The van der Waals surface area contributed by atoms with Crippen molar-refractivity contribution in [3.8, 4) is 0 Å². The van der Waals surface area contributed by atoms with E-state index >= 15 is 0 Å². The van der Waals surface area contributed by atoms with E-state index in [0.29, 0.717) is 18.0 Å². The smallest absolute Gasteiger partial charge is 0.243 e. The van der Waals surface area contributed by atoms with Gasteiger partial charge in [-0.2, -0.15) is 0 Å². The molecule has 3 aromatic carbocycles. The Morgan fingerprint density at radius 1 is 0.882 bits per heavy atom. The van der Waals surface area contributed by atoms with Crippen molar-refractivity contribution in [1.29, 1.82) is 0 Å². The highest BCUT2D eigenvalue weighted by atomic mass is 35.5. The van der Waals surface area contributed by atoms with E-state index in [1.54, 1.807) is 4.90 Å². The van der Waals surface area contributed by atoms with Gasteiger partial charge in [0.1, 0.15) is 6.04 Å². The highest BCUT2D eigenvalue weighted by Crippen LogP contribution is 2.19. The lowest BCUT2D eigenvalue weighted by Crippen LogP contribution is -2.54. The molecule has 178 valence electrons. The number of carbonyl (C=O) groups excluding carboxylic acids is 2. The summed E-state index contributed by atoms with van der Waals surface area (Å²) in [5.74, 6) is -0.256. The van der Waals surface area contributed by atoms with Crippen molar-refractivity contribution >= 4 is 23.4 Å². The predicted octanol–water partition coefficient (Wildman–Crippen LogP) is 5.75. The second-order valence-corrected chi connectivity index (χ2v) is 10.2. The Morgan fingerprint density at radius 3 is 2.15 bits per heavy atom. The minimum Gasteiger partial charge on any atom is -0.350 e. The van der Waals surface area contributed by atoms with E-state index in [4.69, 9.17) is 11.6 Å². The molecule has 0 aliphatic heterocycles. The lowest BCUT2D eigenvalue weighted by molar-refractivity contribution is -0.141. The molecule has 1 N–H and O–H groups in total. The standard InChI is InChI=1S/C29H33ClN2O2/c1-21-9-8-12-24(17-21)19-27(33)32(20-23-13-15-25(30)16-14-23)26(28(34)31-29(2,3)4)18-22-10-6-5-7-11-22/h5-17,26H,18-20H2,1-4H3,(H,31,34). The third-order valence-electron chi connectivity index (χ3n) is 5.47. The van der Waals surface area contributed by atoms with Gasteiger partial charge in [-0.1, -0.05) is 83.9 Å². The predicted molar refractivity (Wildman–Crippen MR) is 139 cm³/mol. The first-order chi connectivity index (χ1) is 16.1. The highest BCUT2D eigenvalue weighted by molar-refractivity contribution is 6.30. The van der Waals surface area contributed by atoms with Crippen molar-refractivity contribution in [2.75, 3.05) is 0 Å². The van der Waals surface area contributed by atoms with Crippen LogP contribution in [-0.2, 0) is 29.0 Å². The van der Waals surface area contributed by atoms with Crippen molar-refractivity contribution in [2.45, 2.75) is 58.7 Å². The Labute approximate surface area is 207 Å². The molecular formula is C29H33ClN2O2. The molecule has 0 spiro atoms. The molecule has 0 saturated heterocycles. The van der Waals surface area contributed by atoms with Crippen LogP contribution >= 0.6 is 11.6 Å². The Bertz CT molecular complexity index is 1100. The van der Waals surface area contributed by atoms with Gasteiger partial charge in [0.2, 0.25) is 11.8 Å². The minimum absolute atomic E-state index is 0.0921. The summed E-state index contributed by atoms with van der Waals surface area (Å²) in [7, 11) is 0. The van der Waals surface area contributed by atoms with E-state index in [-0.39, 0.29) is 18.2 Å². The molecule has 1 atom stereocenters. The van der Waals surface area contributed by atoms with Crippen molar-refractivity contribution in [2.24, 2.45) is 0 Å². The Morgan fingerprint density at radius 2 is 1.53 bits per heavy atom. The van der Waals surface area contributed by atoms with Crippen LogP contribution < -0.4 is 5.32 Å². The van der Waals surface area contributed by atoms with Gasteiger partial charge in [-0.15, -0.1) is 0 Å². The molecule has 4 nitrogen and oxygen atoms in total. The number of halogens is 1. The maximum atomic E-state index is 13.7. The number of rotatable bonds is 8. The van der Waals surface area contributed by atoms with Crippen LogP contribution in [0.1, 0.15) is 43.0 Å². The Hall–Kier alpha value is -3.11. The lowest BCUT2D eigenvalue weighted by atomic mass is 9.99. The van der Waals surface area contributed by atoms with E-state index in [1.165, 1.54) is 0 Å². The fourth-order valence-electron chi connectivity index (χ4n) is 3.89. The van der Waals surface area contributed by atoms with Gasteiger partial charge >= 0.3 is 0 Å². The maximum absolute atomic E-state index is 13.7. The van der Waals surface area contributed by atoms with Crippen molar-refractivity contribution in [3.63, 3.8) is 0 Å². The summed E-state index contributed by atoms with van der Waals surface area (Å²) in [5, 5.41) is 3.72. The number of amides is 2. The largest absolute Gasteiger partial charge is 0.350 e. The number of nitrogens with one attached hydrogen (secondary N) is 1. The lowest BCUT2D eigenvalue weighted by Gasteiger charge is -2.34. The molecular weight excluding hydrogens is 444 g/mol. The van der Waals surface area contributed by atoms with Crippen LogP contribution in [-0.4, -0.2) is 28.3 Å². The molecule has 3 aromatic rings. The summed E-state index contributed by atoms with van der Waals surface area (Å²) in [6, 6.07) is 24.5. The molecule has 0 aliphatic carbocycles. The first kappa shape index (κ1) is 25.5. The average molecular weight is 477 g/mol. The number of hydrogen-bond donors (Lipinski definition) is 1. The SMILES string of the molecule is Cc1cccc(CC(=O)N(Cc2ccc(Cl)cc2)C(Cc2ccccc2)C(=O)NC(C)(C)C)c1. The van der Waals surface area contributed by atoms with Gasteiger partial charge in [0.15, 0.2) is 0 Å². The molecule has 0 bridgehead atoms. The zero-order valence-corrected chi connectivity index (χ0v) is 21.1. The van der Waals surface area contributed by atoms with Crippen molar-refractivity contribution in [3.05, 3.63) is 106 Å². The molecule has 0 heterocycles. The molecule has 1 unspecified atom stereocenters.